The van der Waals surface area contributed by atoms with Crippen molar-refractivity contribution in [3.8, 4) is 0 Å². The molecule has 0 aromatic carbocycles. The Kier molecular flexibility index (Phi) is 5.14. The quantitative estimate of drug-likeness (QED) is 0.868. The molecule has 1 amide bonds. The zero-order chi connectivity index (χ0) is 15.4. The zero-order valence-electron chi connectivity index (χ0n) is 12.3. The minimum atomic E-state index is -0.986. The van der Waals surface area contributed by atoms with Crippen LogP contribution in [0, 0.1) is 0 Å². The van der Waals surface area contributed by atoms with E-state index in [1.807, 2.05) is 4.90 Å². The van der Waals surface area contributed by atoms with Gasteiger partial charge in [-0.15, -0.1) is 11.3 Å². The molecule has 0 spiro atoms. The van der Waals surface area contributed by atoms with Crippen LogP contribution in [0.25, 0.3) is 6.08 Å². The molecule has 2 heterocycles. The molecule has 1 aromatic rings. The third-order valence-electron chi connectivity index (χ3n) is 3.54. The van der Waals surface area contributed by atoms with Crippen LogP contribution in [0.3, 0.4) is 0 Å². The predicted octanol–water partition coefficient (Wildman–Crippen LogP) is 2.01. The van der Waals surface area contributed by atoms with Crippen LogP contribution in [-0.2, 0) is 4.79 Å². The van der Waals surface area contributed by atoms with Gasteiger partial charge in [-0.3, -0.25) is 4.79 Å². The fourth-order valence-corrected chi connectivity index (χ4v) is 3.39. The standard InChI is InChI=1S/C15H20N2O3S/c1-11-10-16(2)8-3-9-17(11)15(20)13-6-4-12(21-13)5-7-14(18)19/h4-7,11H,3,8-10H2,1-2H3,(H,18,19)/b7-5+. The largest absolute Gasteiger partial charge is 0.478 e. The molecular weight excluding hydrogens is 288 g/mol. The highest BCUT2D eigenvalue weighted by Gasteiger charge is 2.25. The fraction of sp³-hybridized carbons (Fsp3) is 0.467. The minimum absolute atomic E-state index is 0.0396. The molecule has 114 valence electrons. The highest BCUT2D eigenvalue weighted by Crippen LogP contribution is 2.22. The molecule has 1 aromatic heterocycles. The second-order valence-electron chi connectivity index (χ2n) is 5.34. The summed E-state index contributed by atoms with van der Waals surface area (Å²) in [5.41, 5.74) is 0. The van der Waals surface area contributed by atoms with Crippen molar-refractivity contribution >= 4 is 29.3 Å². The van der Waals surface area contributed by atoms with E-state index in [1.165, 1.54) is 17.4 Å². The van der Waals surface area contributed by atoms with Crippen molar-refractivity contribution in [3.63, 3.8) is 0 Å². The van der Waals surface area contributed by atoms with Crippen molar-refractivity contribution in [2.24, 2.45) is 0 Å². The molecule has 21 heavy (non-hydrogen) atoms. The van der Waals surface area contributed by atoms with Crippen molar-refractivity contribution < 1.29 is 14.7 Å². The number of hydrogen-bond acceptors (Lipinski definition) is 4. The molecule has 6 heteroatoms. The lowest BCUT2D eigenvalue weighted by Crippen LogP contribution is -2.41. The summed E-state index contributed by atoms with van der Waals surface area (Å²) in [6.07, 6.45) is 3.58. The van der Waals surface area contributed by atoms with Crippen molar-refractivity contribution in [2.75, 3.05) is 26.7 Å². The number of carbonyl (C=O) groups excluding carboxylic acids is 1. The molecule has 1 atom stereocenters. The van der Waals surface area contributed by atoms with Gasteiger partial charge in [-0.2, -0.15) is 0 Å². The number of aliphatic carboxylic acids is 1. The van der Waals surface area contributed by atoms with Gasteiger partial charge in [-0.1, -0.05) is 0 Å². The van der Waals surface area contributed by atoms with Gasteiger partial charge in [0.1, 0.15) is 0 Å². The second-order valence-corrected chi connectivity index (χ2v) is 6.45. The first-order chi connectivity index (χ1) is 9.97. The van der Waals surface area contributed by atoms with Gasteiger partial charge in [0.2, 0.25) is 0 Å². The van der Waals surface area contributed by atoms with Gasteiger partial charge in [0.25, 0.3) is 5.91 Å². The number of likely N-dealkylation sites (N-methyl/N-ethyl adjacent to an activating group) is 1. The van der Waals surface area contributed by atoms with Crippen LogP contribution in [0.4, 0.5) is 0 Å². The van der Waals surface area contributed by atoms with E-state index in [4.69, 9.17) is 5.11 Å². The Morgan fingerprint density at radius 2 is 2.14 bits per heavy atom. The average molecular weight is 308 g/mol. The first-order valence-electron chi connectivity index (χ1n) is 6.97. The van der Waals surface area contributed by atoms with E-state index in [9.17, 15) is 9.59 Å². The van der Waals surface area contributed by atoms with Crippen molar-refractivity contribution in [2.45, 2.75) is 19.4 Å². The zero-order valence-corrected chi connectivity index (χ0v) is 13.1. The molecular formula is C15H20N2O3S. The molecule has 2 rings (SSSR count). The summed E-state index contributed by atoms with van der Waals surface area (Å²) in [6, 6.07) is 3.74. The molecule has 1 unspecified atom stereocenters. The summed E-state index contributed by atoms with van der Waals surface area (Å²) >= 11 is 1.33. The summed E-state index contributed by atoms with van der Waals surface area (Å²) in [6.45, 7) is 4.72. The Bertz CT molecular complexity index is 553. The number of carbonyl (C=O) groups is 2. The number of carboxylic acid groups (broad SMARTS) is 1. The SMILES string of the molecule is CC1CN(C)CCCN1C(=O)c1ccc(/C=C/C(=O)O)s1. The third kappa shape index (κ3) is 4.15. The predicted molar refractivity (Wildman–Crippen MR) is 83.6 cm³/mol. The Morgan fingerprint density at radius 3 is 2.86 bits per heavy atom. The molecule has 1 aliphatic rings. The maximum Gasteiger partial charge on any atom is 0.328 e. The monoisotopic (exact) mass is 308 g/mol. The summed E-state index contributed by atoms with van der Waals surface area (Å²) in [5, 5.41) is 8.62. The van der Waals surface area contributed by atoms with Crippen LogP contribution in [-0.4, -0.2) is 59.5 Å². The highest BCUT2D eigenvalue weighted by atomic mass is 32.1. The van der Waals surface area contributed by atoms with Gasteiger partial charge in [-0.05, 0) is 45.1 Å². The molecule has 0 aliphatic carbocycles. The van der Waals surface area contributed by atoms with E-state index < -0.39 is 5.97 Å². The van der Waals surface area contributed by atoms with Gasteiger partial charge in [0.15, 0.2) is 0 Å². The highest BCUT2D eigenvalue weighted by molar-refractivity contribution is 7.14. The van der Waals surface area contributed by atoms with Crippen molar-refractivity contribution in [1.82, 2.24) is 9.80 Å². The number of hydrogen-bond donors (Lipinski definition) is 1. The molecule has 1 N–H and O–H groups in total. The molecule has 1 saturated heterocycles. The van der Waals surface area contributed by atoms with E-state index in [1.54, 1.807) is 12.1 Å². The Hall–Kier alpha value is -1.66. The lowest BCUT2D eigenvalue weighted by atomic mass is 10.2. The van der Waals surface area contributed by atoms with E-state index in [0.29, 0.717) is 4.88 Å². The van der Waals surface area contributed by atoms with E-state index in [0.717, 1.165) is 37.0 Å². The van der Waals surface area contributed by atoms with E-state index in [2.05, 4.69) is 18.9 Å². The van der Waals surface area contributed by atoms with Gasteiger partial charge < -0.3 is 14.9 Å². The summed E-state index contributed by atoms with van der Waals surface area (Å²) in [4.78, 5) is 28.7. The molecule has 1 fully saturated rings. The van der Waals surface area contributed by atoms with Gasteiger partial charge >= 0.3 is 5.97 Å². The van der Waals surface area contributed by atoms with E-state index in [-0.39, 0.29) is 11.9 Å². The average Bonchev–Trinajstić information content (AvgIpc) is 2.82. The summed E-state index contributed by atoms with van der Waals surface area (Å²) in [5.74, 6) is -0.946. The maximum absolute atomic E-state index is 12.6. The van der Waals surface area contributed by atoms with Crippen LogP contribution < -0.4 is 0 Å². The smallest absolute Gasteiger partial charge is 0.328 e. The lowest BCUT2D eigenvalue weighted by molar-refractivity contribution is -0.131. The van der Waals surface area contributed by atoms with Gasteiger partial charge in [-0.25, -0.2) is 4.79 Å². The number of rotatable bonds is 3. The van der Waals surface area contributed by atoms with Crippen LogP contribution in [0.2, 0.25) is 0 Å². The van der Waals surface area contributed by atoms with Crippen molar-refractivity contribution in [3.05, 3.63) is 28.0 Å². The van der Waals surface area contributed by atoms with Crippen LogP contribution in [0.1, 0.15) is 27.9 Å². The molecule has 0 bridgehead atoms. The van der Waals surface area contributed by atoms with Crippen LogP contribution >= 0.6 is 11.3 Å². The van der Waals surface area contributed by atoms with Crippen LogP contribution in [0.5, 0.6) is 0 Å². The lowest BCUT2D eigenvalue weighted by Gasteiger charge is -2.27. The van der Waals surface area contributed by atoms with Crippen LogP contribution in [0.15, 0.2) is 18.2 Å². The third-order valence-corrected chi connectivity index (χ3v) is 4.57. The van der Waals surface area contributed by atoms with Gasteiger partial charge in [0, 0.05) is 30.1 Å². The molecule has 5 nitrogen and oxygen atoms in total. The number of carboxylic acids is 1. The fourth-order valence-electron chi connectivity index (χ4n) is 2.53. The number of nitrogens with zero attached hydrogens (tertiary/aromatic N) is 2. The topological polar surface area (TPSA) is 60.9 Å². The minimum Gasteiger partial charge on any atom is -0.478 e. The molecule has 0 radical (unpaired) electrons. The second kappa shape index (κ2) is 6.87. The van der Waals surface area contributed by atoms with E-state index >= 15 is 0 Å². The molecule has 1 aliphatic heterocycles. The number of thiophene rings is 1. The van der Waals surface area contributed by atoms with Gasteiger partial charge in [0.05, 0.1) is 4.88 Å². The number of amides is 1. The first-order valence-corrected chi connectivity index (χ1v) is 7.79. The maximum atomic E-state index is 12.6. The first kappa shape index (κ1) is 15.7. The summed E-state index contributed by atoms with van der Waals surface area (Å²) < 4.78 is 0. The Balaban J connectivity index is 2.10. The normalized spacial score (nSPS) is 20.7. The summed E-state index contributed by atoms with van der Waals surface area (Å²) in [7, 11) is 2.07. The van der Waals surface area contributed by atoms with Crippen molar-refractivity contribution in [1.29, 1.82) is 0 Å². The Morgan fingerprint density at radius 1 is 1.38 bits per heavy atom. The Labute approximate surface area is 128 Å². The molecule has 0 saturated carbocycles.